The molecule has 0 saturated carbocycles. The maximum atomic E-state index is 13.2. The fourth-order valence-electron chi connectivity index (χ4n) is 3.93. The summed E-state index contributed by atoms with van der Waals surface area (Å²) in [5.41, 5.74) is 1.51. The van der Waals surface area contributed by atoms with Crippen LogP contribution in [0, 0.1) is 0 Å². The zero-order valence-corrected chi connectivity index (χ0v) is 20.5. The monoisotopic (exact) mass is 500 g/mol. The first kappa shape index (κ1) is 24.3. The van der Waals surface area contributed by atoms with E-state index >= 15 is 0 Å². The highest BCUT2D eigenvalue weighted by molar-refractivity contribution is 9.10. The Morgan fingerprint density at radius 1 is 0.969 bits per heavy atom. The van der Waals surface area contributed by atoms with E-state index in [1.54, 1.807) is 18.2 Å². The van der Waals surface area contributed by atoms with Gasteiger partial charge in [-0.05, 0) is 49.6 Å². The van der Waals surface area contributed by atoms with Crippen LogP contribution in [0.4, 0.5) is 5.69 Å². The van der Waals surface area contributed by atoms with Crippen LogP contribution in [0.1, 0.15) is 79.0 Å². The molecule has 1 fully saturated rings. The van der Waals surface area contributed by atoms with Crippen molar-refractivity contribution in [1.82, 2.24) is 4.90 Å². The molecule has 2 aromatic carbocycles. The van der Waals surface area contributed by atoms with E-state index in [1.807, 2.05) is 29.2 Å². The van der Waals surface area contributed by atoms with Gasteiger partial charge in [0.2, 0.25) is 0 Å². The van der Waals surface area contributed by atoms with Gasteiger partial charge in [-0.1, -0.05) is 67.1 Å². The molecule has 1 aliphatic heterocycles. The molecule has 2 aromatic rings. The summed E-state index contributed by atoms with van der Waals surface area (Å²) in [5.74, 6) is 0.244. The van der Waals surface area contributed by atoms with Crippen LogP contribution in [0.15, 0.2) is 46.9 Å². The SMILES string of the molecule is CCCCCCOc1ccc(Br)cc1C(=O)Nc1ccccc1C(=O)N1CCCCCC1. The molecule has 6 heteroatoms. The average molecular weight is 501 g/mol. The molecular weight excluding hydrogens is 468 g/mol. The van der Waals surface area contributed by atoms with Gasteiger partial charge in [-0.3, -0.25) is 9.59 Å². The van der Waals surface area contributed by atoms with Crippen LogP contribution in [0.3, 0.4) is 0 Å². The van der Waals surface area contributed by atoms with E-state index in [0.717, 1.165) is 56.1 Å². The van der Waals surface area contributed by atoms with Crippen molar-refractivity contribution in [3.05, 3.63) is 58.1 Å². The first-order valence-corrected chi connectivity index (χ1v) is 12.5. The Bertz CT molecular complexity index is 908. The molecule has 3 rings (SSSR count). The third-order valence-electron chi connectivity index (χ3n) is 5.74. The largest absolute Gasteiger partial charge is 0.493 e. The highest BCUT2D eigenvalue weighted by atomic mass is 79.9. The summed E-state index contributed by atoms with van der Waals surface area (Å²) >= 11 is 3.45. The highest BCUT2D eigenvalue weighted by Crippen LogP contribution is 2.26. The topological polar surface area (TPSA) is 58.6 Å². The van der Waals surface area contributed by atoms with Gasteiger partial charge in [0.05, 0.1) is 23.4 Å². The fourth-order valence-corrected chi connectivity index (χ4v) is 4.29. The summed E-state index contributed by atoms with van der Waals surface area (Å²) in [6.07, 6.45) is 8.78. The minimum Gasteiger partial charge on any atom is -0.493 e. The molecule has 0 aliphatic carbocycles. The zero-order valence-electron chi connectivity index (χ0n) is 18.9. The summed E-state index contributed by atoms with van der Waals surface area (Å²) in [6, 6.07) is 12.7. The van der Waals surface area contributed by atoms with Crippen LogP contribution in [0.2, 0.25) is 0 Å². The number of benzene rings is 2. The van der Waals surface area contributed by atoms with Crippen molar-refractivity contribution in [2.75, 3.05) is 25.0 Å². The molecule has 1 N–H and O–H groups in total. The zero-order chi connectivity index (χ0) is 22.8. The Labute approximate surface area is 199 Å². The van der Waals surface area contributed by atoms with Gasteiger partial charge in [0, 0.05) is 17.6 Å². The lowest BCUT2D eigenvalue weighted by molar-refractivity contribution is 0.0762. The first-order chi connectivity index (χ1) is 15.6. The Morgan fingerprint density at radius 3 is 2.47 bits per heavy atom. The Morgan fingerprint density at radius 2 is 1.72 bits per heavy atom. The van der Waals surface area contributed by atoms with Crippen molar-refractivity contribution < 1.29 is 14.3 Å². The molecule has 2 amide bonds. The first-order valence-electron chi connectivity index (χ1n) is 11.7. The van der Waals surface area contributed by atoms with Crippen LogP contribution in [-0.2, 0) is 0 Å². The lowest BCUT2D eigenvalue weighted by atomic mass is 10.1. The molecule has 0 radical (unpaired) electrons. The molecular formula is C26H33BrN2O3. The molecule has 5 nitrogen and oxygen atoms in total. The van der Waals surface area contributed by atoms with Crippen molar-refractivity contribution in [3.63, 3.8) is 0 Å². The normalized spacial score (nSPS) is 14.0. The molecule has 0 aromatic heterocycles. The summed E-state index contributed by atoms with van der Waals surface area (Å²) in [5, 5.41) is 2.95. The summed E-state index contributed by atoms with van der Waals surface area (Å²) in [7, 11) is 0. The number of hydrogen-bond acceptors (Lipinski definition) is 3. The highest BCUT2D eigenvalue weighted by Gasteiger charge is 2.22. The van der Waals surface area contributed by atoms with E-state index in [2.05, 4.69) is 28.2 Å². The smallest absolute Gasteiger partial charge is 0.259 e. The number of halogens is 1. The molecule has 0 unspecified atom stereocenters. The summed E-state index contributed by atoms with van der Waals surface area (Å²) in [4.78, 5) is 28.3. The fraction of sp³-hybridized carbons (Fsp3) is 0.462. The average Bonchev–Trinajstić information content (AvgIpc) is 3.09. The summed E-state index contributed by atoms with van der Waals surface area (Å²) in [6.45, 7) is 4.28. The second kappa shape index (κ2) is 12.6. The number of unbranched alkanes of at least 4 members (excludes halogenated alkanes) is 3. The van der Waals surface area contributed by atoms with Crippen LogP contribution < -0.4 is 10.1 Å². The van der Waals surface area contributed by atoms with Gasteiger partial charge in [0.15, 0.2) is 0 Å². The number of carbonyl (C=O) groups is 2. The van der Waals surface area contributed by atoms with Gasteiger partial charge < -0.3 is 15.0 Å². The minimum atomic E-state index is -0.286. The molecule has 1 aliphatic rings. The standard InChI is InChI=1S/C26H33BrN2O3/c1-2-3-4-11-18-32-24-15-14-20(27)19-22(24)25(30)28-23-13-8-7-12-21(23)26(31)29-16-9-5-6-10-17-29/h7-8,12-15,19H,2-6,9-11,16-18H2,1H3,(H,28,30). The predicted molar refractivity (Wildman–Crippen MR) is 133 cm³/mol. The quantitative estimate of drug-likeness (QED) is 0.390. The van der Waals surface area contributed by atoms with Crippen molar-refractivity contribution in [3.8, 4) is 5.75 Å². The number of nitrogens with one attached hydrogen (secondary N) is 1. The number of carbonyl (C=O) groups excluding carboxylic acids is 2. The van der Waals surface area contributed by atoms with E-state index < -0.39 is 0 Å². The van der Waals surface area contributed by atoms with Gasteiger partial charge in [-0.15, -0.1) is 0 Å². The molecule has 1 saturated heterocycles. The second-order valence-electron chi connectivity index (χ2n) is 8.26. The molecule has 32 heavy (non-hydrogen) atoms. The number of amides is 2. The van der Waals surface area contributed by atoms with Gasteiger partial charge in [-0.2, -0.15) is 0 Å². The van der Waals surface area contributed by atoms with Gasteiger partial charge >= 0.3 is 0 Å². The summed E-state index contributed by atoms with van der Waals surface area (Å²) < 4.78 is 6.73. The van der Waals surface area contributed by atoms with Crippen LogP contribution >= 0.6 is 15.9 Å². The molecule has 1 heterocycles. The molecule has 0 atom stereocenters. The Hall–Kier alpha value is -2.34. The van der Waals surface area contributed by atoms with E-state index in [4.69, 9.17) is 4.74 Å². The third kappa shape index (κ3) is 6.83. The van der Waals surface area contributed by atoms with Gasteiger partial charge in [0.25, 0.3) is 11.8 Å². The van der Waals surface area contributed by atoms with Crippen molar-refractivity contribution >= 4 is 33.4 Å². The third-order valence-corrected chi connectivity index (χ3v) is 6.23. The molecule has 172 valence electrons. The van der Waals surface area contributed by atoms with Crippen LogP contribution in [0.5, 0.6) is 5.75 Å². The molecule has 0 bridgehead atoms. The molecule has 0 spiro atoms. The maximum Gasteiger partial charge on any atom is 0.259 e. The van der Waals surface area contributed by atoms with Crippen LogP contribution in [0.25, 0.3) is 0 Å². The lowest BCUT2D eigenvalue weighted by Crippen LogP contribution is -2.32. The Balaban J connectivity index is 1.74. The number of anilines is 1. The van der Waals surface area contributed by atoms with E-state index in [0.29, 0.717) is 29.2 Å². The van der Waals surface area contributed by atoms with E-state index in [1.165, 1.54) is 12.8 Å². The lowest BCUT2D eigenvalue weighted by Gasteiger charge is -2.22. The minimum absolute atomic E-state index is 0.0237. The van der Waals surface area contributed by atoms with E-state index in [-0.39, 0.29) is 11.8 Å². The second-order valence-corrected chi connectivity index (χ2v) is 9.17. The Kier molecular flexibility index (Phi) is 9.60. The number of para-hydroxylation sites is 1. The van der Waals surface area contributed by atoms with E-state index in [9.17, 15) is 9.59 Å². The number of nitrogens with zero attached hydrogens (tertiary/aromatic N) is 1. The predicted octanol–water partition coefficient (Wildman–Crippen LogP) is 6.68. The van der Waals surface area contributed by atoms with Gasteiger partial charge in [0.1, 0.15) is 5.75 Å². The maximum absolute atomic E-state index is 13.2. The number of hydrogen-bond donors (Lipinski definition) is 1. The number of ether oxygens (including phenoxy) is 1. The number of rotatable bonds is 9. The number of likely N-dealkylation sites (tertiary alicyclic amines) is 1. The van der Waals surface area contributed by atoms with Crippen molar-refractivity contribution in [1.29, 1.82) is 0 Å². The van der Waals surface area contributed by atoms with Crippen molar-refractivity contribution in [2.45, 2.75) is 58.3 Å². The van der Waals surface area contributed by atoms with Crippen molar-refractivity contribution in [2.24, 2.45) is 0 Å². The van der Waals surface area contributed by atoms with Gasteiger partial charge in [-0.25, -0.2) is 0 Å². The van der Waals surface area contributed by atoms with Crippen LogP contribution in [-0.4, -0.2) is 36.4 Å².